The quantitative estimate of drug-likeness (QED) is 0.879. The summed E-state index contributed by atoms with van der Waals surface area (Å²) in [6.45, 7) is 4.55. The van der Waals surface area contributed by atoms with Gasteiger partial charge in [-0.1, -0.05) is 25.5 Å². The second-order valence-corrected chi connectivity index (χ2v) is 4.21. The van der Waals surface area contributed by atoms with E-state index in [2.05, 4.69) is 36.5 Å². The summed E-state index contributed by atoms with van der Waals surface area (Å²) in [6.07, 6.45) is 1.25. The molecule has 0 unspecified atom stereocenters. The zero-order chi connectivity index (χ0) is 10.7. The van der Waals surface area contributed by atoms with Gasteiger partial charge in [0.2, 0.25) is 0 Å². The standard InChI is InChI=1S/C13H19NO.ClH/c1-3-10-8-14-9-13(10)11-4-6-12(15-2)7-5-11;/h4-7,10,13-14H,3,8-9H2,1-2H3;1H/t10-,13-;/m1./s1. The van der Waals surface area contributed by atoms with Crippen LogP contribution < -0.4 is 10.1 Å². The van der Waals surface area contributed by atoms with Gasteiger partial charge in [0.15, 0.2) is 0 Å². The third-order valence-electron chi connectivity index (χ3n) is 3.41. The molecule has 1 fully saturated rings. The van der Waals surface area contributed by atoms with Crippen LogP contribution in [0.4, 0.5) is 0 Å². The van der Waals surface area contributed by atoms with Crippen LogP contribution in [-0.2, 0) is 0 Å². The first kappa shape index (κ1) is 13.3. The number of methoxy groups -OCH3 is 1. The summed E-state index contributed by atoms with van der Waals surface area (Å²) in [7, 11) is 1.71. The molecule has 0 spiro atoms. The van der Waals surface area contributed by atoms with Crippen molar-refractivity contribution < 1.29 is 4.74 Å². The highest BCUT2D eigenvalue weighted by Crippen LogP contribution is 2.30. The van der Waals surface area contributed by atoms with E-state index >= 15 is 0 Å². The van der Waals surface area contributed by atoms with Crippen molar-refractivity contribution in [2.75, 3.05) is 20.2 Å². The summed E-state index contributed by atoms with van der Waals surface area (Å²) in [5.41, 5.74) is 1.44. The predicted molar refractivity (Wildman–Crippen MR) is 69.6 cm³/mol. The van der Waals surface area contributed by atoms with Crippen LogP contribution in [0.3, 0.4) is 0 Å². The van der Waals surface area contributed by atoms with Crippen molar-refractivity contribution in [2.24, 2.45) is 5.92 Å². The van der Waals surface area contributed by atoms with Crippen molar-refractivity contribution in [3.8, 4) is 5.75 Å². The highest BCUT2D eigenvalue weighted by Gasteiger charge is 2.26. The van der Waals surface area contributed by atoms with Crippen molar-refractivity contribution in [1.29, 1.82) is 0 Å². The van der Waals surface area contributed by atoms with Crippen LogP contribution in [0.2, 0.25) is 0 Å². The highest BCUT2D eigenvalue weighted by molar-refractivity contribution is 5.85. The van der Waals surface area contributed by atoms with Crippen molar-refractivity contribution in [3.63, 3.8) is 0 Å². The van der Waals surface area contributed by atoms with E-state index < -0.39 is 0 Å². The van der Waals surface area contributed by atoms with E-state index in [4.69, 9.17) is 4.74 Å². The average molecular weight is 242 g/mol. The molecule has 0 bridgehead atoms. The summed E-state index contributed by atoms with van der Waals surface area (Å²) < 4.78 is 5.17. The fourth-order valence-corrected chi connectivity index (χ4v) is 2.40. The van der Waals surface area contributed by atoms with Gasteiger partial charge in [0.1, 0.15) is 5.75 Å². The van der Waals surface area contributed by atoms with Crippen molar-refractivity contribution in [2.45, 2.75) is 19.3 Å². The van der Waals surface area contributed by atoms with Crippen LogP contribution in [0, 0.1) is 5.92 Å². The molecule has 1 aliphatic rings. The van der Waals surface area contributed by atoms with Gasteiger partial charge in [0, 0.05) is 12.5 Å². The zero-order valence-corrected chi connectivity index (χ0v) is 10.7. The highest BCUT2D eigenvalue weighted by atomic mass is 35.5. The Balaban J connectivity index is 0.00000128. The van der Waals surface area contributed by atoms with Crippen LogP contribution in [-0.4, -0.2) is 20.2 Å². The molecule has 0 aromatic heterocycles. The summed E-state index contributed by atoms with van der Waals surface area (Å²) in [5, 5.41) is 3.47. The van der Waals surface area contributed by atoms with Gasteiger partial charge in [-0.05, 0) is 30.2 Å². The Morgan fingerprint density at radius 3 is 2.50 bits per heavy atom. The average Bonchev–Trinajstić information content (AvgIpc) is 2.77. The minimum absolute atomic E-state index is 0. The Morgan fingerprint density at radius 1 is 1.25 bits per heavy atom. The molecule has 1 aliphatic heterocycles. The molecule has 1 N–H and O–H groups in total. The maximum Gasteiger partial charge on any atom is 0.118 e. The summed E-state index contributed by atoms with van der Waals surface area (Å²) >= 11 is 0. The minimum atomic E-state index is 0. The number of halogens is 1. The fourth-order valence-electron chi connectivity index (χ4n) is 2.40. The Bertz CT molecular complexity index is 312. The van der Waals surface area contributed by atoms with Gasteiger partial charge in [0.25, 0.3) is 0 Å². The molecule has 2 atom stereocenters. The second-order valence-electron chi connectivity index (χ2n) is 4.21. The SMILES string of the molecule is CC[C@@H]1CNC[C@H]1c1ccc(OC)cc1.Cl. The molecular weight excluding hydrogens is 222 g/mol. The summed E-state index contributed by atoms with van der Waals surface area (Å²) in [4.78, 5) is 0. The smallest absolute Gasteiger partial charge is 0.118 e. The third kappa shape index (κ3) is 2.69. The van der Waals surface area contributed by atoms with Crippen LogP contribution in [0.5, 0.6) is 5.75 Å². The normalized spacial score (nSPS) is 23.9. The molecule has 1 aromatic rings. The number of benzene rings is 1. The van der Waals surface area contributed by atoms with Gasteiger partial charge in [-0.2, -0.15) is 0 Å². The number of rotatable bonds is 3. The second kappa shape index (κ2) is 6.12. The molecule has 90 valence electrons. The Morgan fingerprint density at radius 2 is 1.94 bits per heavy atom. The van der Waals surface area contributed by atoms with E-state index in [0.717, 1.165) is 24.8 Å². The molecule has 0 amide bonds. The molecule has 0 aliphatic carbocycles. The number of nitrogens with one attached hydrogen (secondary N) is 1. The number of ether oxygens (including phenoxy) is 1. The summed E-state index contributed by atoms with van der Waals surface area (Å²) in [5.74, 6) is 2.41. The van der Waals surface area contributed by atoms with E-state index in [-0.39, 0.29) is 12.4 Å². The molecule has 0 radical (unpaired) electrons. The molecular formula is C13H20ClNO. The summed E-state index contributed by atoms with van der Waals surface area (Å²) in [6, 6.07) is 8.50. The van der Waals surface area contributed by atoms with Gasteiger partial charge in [-0.3, -0.25) is 0 Å². The van der Waals surface area contributed by atoms with E-state index in [1.54, 1.807) is 7.11 Å². The van der Waals surface area contributed by atoms with Gasteiger partial charge in [-0.25, -0.2) is 0 Å². The fraction of sp³-hybridized carbons (Fsp3) is 0.538. The van der Waals surface area contributed by atoms with Crippen LogP contribution in [0.15, 0.2) is 24.3 Å². The number of hydrogen-bond donors (Lipinski definition) is 1. The predicted octanol–water partition coefficient (Wildman–Crippen LogP) is 2.83. The Hall–Kier alpha value is -0.730. The van der Waals surface area contributed by atoms with Crippen molar-refractivity contribution in [1.82, 2.24) is 5.32 Å². The lowest BCUT2D eigenvalue weighted by molar-refractivity contribution is 0.414. The first-order valence-electron chi connectivity index (χ1n) is 5.69. The third-order valence-corrected chi connectivity index (χ3v) is 3.41. The topological polar surface area (TPSA) is 21.3 Å². The largest absolute Gasteiger partial charge is 0.497 e. The minimum Gasteiger partial charge on any atom is -0.497 e. The molecule has 1 heterocycles. The molecule has 1 saturated heterocycles. The van der Waals surface area contributed by atoms with Crippen LogP contribution in [0.1, 0.15) is 24.8 Å². The van der Waals surface area contributed by atoms with Crippen LogP contribution >= 0.6 is 12.4 Å². The first-order chi connectivity index (χ1) is 7.35. The number of hydrogen-bond acceptors (Lipinski definition) is 2. The van der Waals surface area contributed by atoms with Gasteiger partial charge >= 0.3 is 0 Å². The maximum absolute atomic E-state index is 5.17. The monoisotopic (exact) mass is 241 g/mol. The van der Waals surface area contributed by atoms with Gasteiger partial charge in [-0.15, -0.1) is 12.4 Å². The van der Waals surface area contributed by atoms with Gasteiger partial charge in [0.05, 0.1) is 7.11 Å². The van der Waals surface area contributed by atoms with Crippen LogP contribution in [0.25, 0.3) is 0 Å². The lowest BCUT2D eigenvalue weighted by atomic mass is 9.87. The maximum atomic E-state index is 5.17. The van der Waals surface area contributed by atoms with E-state index in [9.17, 15) is 0 Å². The Kier molecular flexibility index (Phi) is 5.10. The van der Waals surface area contributed by atoms with E-state index in [1.807, 2.05) is 0 Å². The molecule has 2 rings (SSSR count). The lowest BCUT2D eigenvalue weighted by Gasteiger charge is -2.17. The van der Waals surface area contributed by atoms with Crippen molar-refractivity contribution in [3.05, 3.63) is 29.8 Å². The lowest BCUT2D eigenvalue weighted by Crippen LogP contribution is -2.09. The molecule has 16 heavy (non-hydrogen) atoms. The van der Waals surface area contributed by atoms with E-state index in [1.165, 1.54) is 12.0 Å². The first-order valence-corrected chi connectivity index (χ1v) is 5.69. The molecule has 3 heteroatoms. The zero-order valence-electron chi connectivity index (χ0n) is 9.90. The van der Waals surface area contributed by atoms with Crippen molar-refractivity contribution >= 4 is 12.4 Å². The molecule has 0 saturated carbocycles. The Labute approximate surface area is 104 Å². The molecule has 1 aromatic carbocycles. The van der Waals surface area contributed by atoms with E-state index in [0.29, 0.717) is 5.92 Å². The van der Waals surface area contributed by atoms with Gasteiger partial charge < -0.3 is 10.1 Å². The molecule has 2 nitrogen and oxygen atoms in total.